The molecule has 0 aliphatic carbocycles. The van der Waals surface area contributed by atoms with Crippen LogP contribution < -0.4 is 0 Å². The molecule has 0 heteroatoms. The van der Waals surface area contributed by atoms with E-state index in [4.69, 9.17) is 0 Å². The summed E-state index contributed by atoms with van der Waals surface area (Å²) < 4.78 is 0. The first kappa shape index (κ1) is 23.7. The van der Waals surface area contributed by atoms with Gasteiger partial charge < -0.3 is 0 Å². The average molecular weight is 343 g/mol. The smallest absolute Gasteiger partial charge is 0.00150 e. The van der Waals surface area contributed by atoms with Crippen molar-refractivity contribution < 1.29 is 0 Å². The molecule has 0 rings (SSSR count). The summed E-state index contributed by atoms with van der Waals surface area (Å²) in [6.07, 6.45) is 8.65. The molecule has 1 unspecified atom stereocenters. The Hall–Kier alpha value is -1.30. The lowest BCUT2D eigenvalue weighted by molar-refractivity contribution is 0.709. The highest BCUT2D eigenvalue weighted by Crippen LogP contribution is 2.36. The van der Waals surface area contributed by atoms with Gasteiger partial charge in [-0.15, -0.1) is 6.58 Å². The molecule has 0 spiro atoms. The van der Waals surface area contributed by atoms with E-state index >= 15 is 0 Å². The van der Waals surface area contributed by atoms with Crippen LogP contribution in [0.1, 0.15) is 93.9 Å². The van der Waals surface area contributed by atoms with Crippen molar-refractivity contribution >= 4 is 0 Å². The van der Waals surface area contributed by atoms with Crippen LogP contribution >= 0.6 is 0 Å². The van der Waals surface area contributed by atoms with E-state index in [1.54, 1.807) is 11.1 Å². The van der Waals surface area contributed by atoms with Crippen LogP contribution in [0, 0.1) is 5.92 Å². The van der Waals surface area contributed by atoms with E-state index in [1.807, 2.05) is 0 Å². The van der Waals surface area contributed by atoms with Crippen LogP contribution in [-0.4, -0.2) is 0 Å². The van der Waals surface area contributed by atoms with Gasteiger partial charge >= 0.3 is 0 Å². The molecule has 0 N–H and O–H groups in total. The zero-order valence-electron chi connectivity index (χ0n) is 18.3. The predicted molar refractivity (Wildman–Crippen MR) is 117 cm³/mol. The van der Waals surface area contributed by atoms with Gasteiger partial charge in [0, 0.05) is 5.92 Å². The van der Waals surface area contributed by atoms with E-state index in [2.05, 4.69) is 74.6 Å². The maximum absolute atomic E-state index is 4.27. The SMILES string of the molecule is C=CC(CC)C(=C(C)CC(CC)=C(C)CC)C(CC(=C)CC)=C(C)C. The molecular formula is C25H42. The molecule has 0 amide bonds. The lowest BCUT2D eigenvalue weighted by atomic mass is 9.80. The molecule has 0 aliphatic rings. The fourth-order valence-electron chi connectivity index (χ4n) is 3.45. The minimum atomic E-state index is 0.426. The standard InChI is InChI=1S/C25H42/c1-11-19(8)16-24(18(6)7)25(22(13-3)14-4)21(10)17-23(15-5)20(9)12-2/h13,22H,3,8,11-12,14-17H2,1-2,4-7,9-10H3. The monoisotopic (exact) mass is 342 g/mol. The second kappa shape index (κ2) is 12.1. The molecule has 25 heavy (non-hydrogen) atoms. The molecule has 0 radical (unpaired) electrons. The fraction of sp³-hybridized carbons (Fsp3) is 0.600. The number of hydrogen-bond donors (Lipinski definition) is 0. The molecule has 0 aromatic rings. The van der Waals surface area contributed by atoms with Gasteiger partial charge in [0.25, 0.3) is 0 Å². The Balaban J connectivity index is 6.26. The van der Waals surface area contributed by atoms with Crippen molar-refractivity contribution in [2.75, 3.05) is 0 Å². The third-order valence-electron chi connectivity index (χ3n) is 5.45. The van der Waals surface area contributed by atoms with Crippen LogP contribution in [0.3, 0.4) is 0 Å². The summed E-state index contributed by atoms with van der Waals surface area (Å²) in [5, 5.41) is 0. The molecule has 0 aliphatic heterocycles. The zero-order valence-corrected chi connectivity index (χ0v) is 18.3. The highest BCUT2D eigenvalue weighted by atomic mass is 14.2. The third kappa shape index (κ3) is 7.22. The van der Waals surface area contributed by atoms with E-state index in [9.17, 15) is 0 Å². The van der Waals surface area contributed by atoms with Crippen LogP contribution in [0.25, 0.3) is 0 Å². The number of rotatable bonds is 11. The Morgan fingerprint density at radius 1 is 0.840 bits per heavy atom. The molecule has 0 nitrogen and oxygen atoms in total. The summed E-state index contributed by atoms with van der Waals surface area (Å²) in [5.74, 6) is 0.426. The Bertz CT molecular complexity index is 545. The molecule has 0 fully saturated rings. The quantitative estimate of drug-likeness (QED) is 0.260. The van der Waals surface area contributed by atoms with Gasteiger partial charge in [0.1, 0.15) is 0 Å². The third-order valence-corrected chi connectivity index (χ3v) is 5.45. The van der Waals surface area contributed by atoms with Crippen molar-refractivity contribution in [3.05, 3.63) is 58.2 Å². The van der Waals surface area contributed by atoms with Crippen LogP contribution in [0.5, 0.6) is 0 Å². The van der Waals surface area contributed by atoms with Gasteiger partial charge in [-0.05, 0) is 77.4 Å². The maximum atomic E-state index is 4.27. The van der Waals surface area contributed by atoms with Crippen LogP contribution in [0.15, 0.2) is 58.2 Å². The van der Waals surface area contributed by atoms with Crippen molar-refractivity contribution in [2.45, 2.75) is 93.9 Å². The number of allylic oxidation sites excluding steroid dienone is 8. The predicted octanol–water partition coefficient (Wildman–Crippen LogP) is 8.73. The van der Waals surface area contributed by atoms with Gasteiger partial charge in [0.15, 0.2) is 0 Å². The highest BCUT2D eigenvalue weighted by molar-refractivity contribution is 5.44. The minimum absolute atomic E-state index is 0.426. The summed E-state index contributed by atoms with van der Waals surface area (Å²) in [4.78, 5) is 0. The second-order valence-corrected chi connectivity index (χ2v) is 7.47. The van der Waals surface area contributed by atoms with Crippen LogP contribution in [0.4, 0.5) is 0 Å². The van der Waals surface area contributed by atoms with Crippen molar-refractivity contribution in [2.24, 2.45) is 5.92 Å². The van der Waals surface area contributed by atoms with Crippen molar-refractivity contribution in [1.82, 2.24) is 0 Å². The summed E-state index contributed by atoms with van der Waals surface area (Å²) in [6.45, 7) is 26.5. The van der Waals surface area contributed by atoms with Gasteiger partial charge in [-0.25, -0.2) is 0 Å². The minimum Gasteiger partial charge on any atom is -0.102 e. The normalized spacial score (nSPS) is 14.4. The Kier molecular flexibility index (Phi) is 11.5. The summed E-state index contributed by atoms with van der Waals surface area (Å²) >= 11 is 0. The van der Waals surface area contributed by atoms with E-state index < -0.39 is 0 Å². The maximum Gasteiger partial charge on any atom is 0.00150 e. The number of hydrogen-bond acceptors (Lipinski definition) is 0. The Morgan fingerprint density at radius 3 is 1.80 bits per heavy atom. The zero-order chi connectivity index (χ0) is 19.6. The molecule has 0 aromatic heterocycles. The van der Waals surface area contributed by atoms with E-state index in [0.29, 0.717) is 5.92 Å². The second-order valence-electron chi connectivity index (χ2n) is 7.47. The first-order valence-electron chi connectivity index (χ1n) is 10.1. The van der Waals surface area contributed by atoms with E-state index in [1.165, 1.54) is 27.9 Å². The molecule has 0 heterocycles. The van der Waals surface area contributed by atoms with Gasteiger partial charge in [-0.1, -0.05) is 68.2 Å². The van der Waals surface area contributed by atoms with Gasteiger partial charge in [-0.3, -0.25) is 0 Å². The van der Waals surface area contributed by atoms with Crippen LogP contribution in [-0.2, 0) is 0 Å². The van der Waals surface area contributed by atoms with Crippen molar-refractivity contribution in [3.8, 4) is 0 Å². The lowest BCUT2D eigenvalue weighted by Gasteiger charge is -2.25. The lowest BCUT2D eigenvalue weighted by Crippen LogP contribution is -2.09. The van der Waals surface area contributed by atoms with E-state index in [0.717, 1.165) is 38.5 Å². The Morgan fingerprint density at radius 2 is 1.44 bits per heavy atom. The first-order chi connectivity index (χ1) is 11.8. The largest absolute Gasteiger partial charge is 0.102 e. The molecule has 1 atom stereocenters. The molecular weight excluding hydrogens is 300 g/mol. The topological polar surface area (TPSA) is 0 Å². The van der Waals surface area contributed by atoms with E-state index in [-0.39, 0.29) is 0 Å². The molecule has 142 valence electrons. The van der Waals surface area contributed by atoms with Gasteiger partial charge in [0.05, 0.1) is 0 Å². The molecule has 0 saturated carbocycles. The fourth-order valence-corrected chi connectivity index (χ4v) is 3.45. The summed E-state index contributed by atoms with van der Waals surface area (Å²) in [5.41, 5.74) is 10.4. The molecule has 0 aromatic carbocycles. The van der Waals surface area contributed by atoms with Crippen molar-refractivity contribution in [3.63, 3.8) is 0 Å². The highest BCUT2D eigenvalue weighted by Gasteiger charge is 2.19. The summed E-state index contributed by atoms with van der Waals surface area (Å²) in [7, 11) is 0. The molecule has 0 bridgehead atoms. The average Bonchev–Trinajstić information content (AvgIpc) is 2.60. The van der Waals surface area contributed by atoms with Gasteiger partial charge in [-0.2, -0.15) is 0 Å². The van der Waals surface area contributed by atoms with Crippen molar-refractivity contribution in [1.29, 1.82) is 0 Å². The van der Waals surface area contributed by atoms with Gasteiger partial charge in [0.2, 0.25) is 0 Å². The summed E-state index contributed by atoms with van der Waals surface area (Å²) in [6, 6.07) is 0. The van der Waals surface area contributed by atoms with Crippen LogP contribution in [0.2, 0.25) is 0 Å². The molecule has 0 saturated heterocycles. The Labute approximate surface area is 158 Å². The first-order valence-corrected chi connectivity index (χ1v) is 10.1.